The fourth-order valence-electron chi connectivity index (χ4n) is 1.65. The maximum atomic E-state index is 12.5. The summed E-state index contributed by atoms with van der Waals surface area (Å²) in [4.78, 5) is 24.5. The van der Waals surface area contributed by atoms with Gasteiger partial charge < -0.3 is 15.8 Å². The van der Waals surface area contributed by atoms with Crippen LogP contribution in [0.2, 0.25) is 0 Å². The van der Waals surface area contributed by atoms with Gasteiger partial charge >= 0.3 is 5.97 Å². The van der Waals surface area contributed by atoms with Gasteiger partial charge in [-0.3, -0.25) is 4.79 Å². The highest BCUT2D eigenvalue weighted by atomic mass is 16.5. The van der Waals surface area contributed by atoms with Crippen molar-refractivity contribution < 1.29 is 14.3 Å². The topological polar surface area (TPSA) is 81.4 Å². The summed E-state index contributed by atoms with van der Waals surface area (Å²) in [6, 6.07) is 8.13. The van der Waals surface area contributed by atoms with E-state index in [0.29, 0.717) is 5.56 Å². The molecule has 0 saturated carbocycles. The number of nitrogens with one attached hydrogen (secondary N) is 1. The maximum Gasteiger partial charge on any atom is 0.333 e. The molecule has 5 nitrogen and oxygen atoms in total. The Bertz CT molecular complexity index is 504. The predicted molar refractivity (Wildman–Crippen MR) is 81.4 cm³/mol. The average molecular weight is 292 g/mol. The lowest BCUT2D eigenvalue weighted by molar-refractivity contribution is -0.147. The largest absolute Gasteiger partial charge is 0.467 e. The SMILES string of the molecule is COC(=O)C(NC(=O)C(C)(C)C(C)(C)N)c1ccccc1. The summed E-state index contributed by atoms with van der Waals surface area (Å²) in [6.45, 7) is 7.06. The van der Waals surface area contributed by atoms with Crippen LogP contribution in [0.4, 0.5) is 0 Å². The number of methoxy groups -OCH3 is 1. The molecule has 0 radical (unpaired) electrons. The number of hydrogen-bond donors (Lipinski definition) is 2. The lowest BCUT2D eigenvalue weighted by Gasteiger charge is -2.37. The highest BCUT2D eigenvalue weighted by Gasteiger charge is 2.42. The first-order valence-electron chi connectivity index (χ1n) is 6.84. The van der Waals surface area contributed by atoms with Crippen LogP contribution in [0.5, 0.6) is 0 Å². The van der Waals surface area contributed by atoms with E-state index in [9.17, 15) is 9.59 Å². The fourth-order valence-corrected chi connectivity index (χ4v) is 1.65. The van der Waals surface area contributed by atoms with Gasteiger partial charge in [0.2, 0.25) is 5.91 Å². The maximum absolute atomic E-state index is 12.5. The molecule has 1 amide bonds. The van der Waals surface area contributed by atoms with Crippen LogP contribution in [0.1, 0.15) is 39.3 Å². The van der Waals surface area contributed by atoms with E-state index in [1.165, 1.54) is 7.11 Å². The third-order valence-electron chi connectivity index (χ3n) is 4.02. The molecule has 3 N–H and O–H groups in total. The van der Waals surface area contributed by atoms with Gasteiger partial charge in [-0.25, -0.2) is 4.79 Å². The lowest BCUT2D eigenvalue weighted by Crippen LogP contribution is -2.56. The average Bonchev–Trinajstić information content (AvgIpc) is 2.43. The molecule has 21 heavy (non-hydrogen) atoms. The molecule has 0 saturated heterocycles. The van der Waals surface area contributed by atoms with Crippen molar-refractivity contribution in [1.82, 2.24) is 5.32 Å². The Balaban J connectivity index is 3.04. The van der Waals surface area contributed by atoms with Gasteiger partial charge in [0.05, 0.1) is 12.5 Å². The number of ether oxygens (including phenoxy) is 1. The van der Waals surface area contributed by atoms with Gasteiger partial charge in [0.15, 0.2) is 6.04 Å². The number of rotatable bonds is 5. The summed E-state index contributed by atoms with van der Waals surface area (Å²) in [5.41, 5.74) is 5.16. The Kier molecular flexibility index (Phi) is 5.12. The van der Waals surface area contributed by atoms with Crippen molar-refractivity contribution in [3.63, 3.8) is 0 Å². The second kappa shape index (κ2) is 6.26. The van der Waals surface area contributed by atoms with Gasteiger partial charge in [-0.1, -0.05) is 30.3 Å². The van der Waals surface area contributed by atoms with E-state index in [-0.39, 0.29) is 5.91 Å². The van der Waals surface area contributed by atoms with E-state index in [4.69, 9.17) is 10.5 Å². The molecule has 0 fully saturated rings. The number of carbonyl (C=O) groups is 2. The van der Waals surface area contributed by atoms with Crippen LogP contribution in [-0.2, 0) is 14.3 Å². The number of carbonyl (C=O) groups excluding carboxylic acids is 2. The van der Waals surface area contributed by atoms with Crippen molar-refractivity contribution in [2.24, 2.45) is 11.1 Å². The normalized spacial score (nSPS) is 13.4. The minimum Gasteiger partial charge on any atom is -0.467 e. The molecule has 1 aromatic carbocycles. The Morgan fingerprint density at radius 2 is 1.67 bits per heavy atom. The molecule has 0 aliphatic carbocycles. The first kappa shape index (κ1) is 17.2. The Hall–Kier alpha value is -1.88. The molecule has 0 aromatic heterocycles. The number of nitrogens with two attached hydrogens (primary N) is 1. The van der Waals surface area contributed by atoms with E-state index >= 15 is 0 Å². The summed E-state index contributed by atoms with van der Waals surface area (Å²) in [5.74, 6) is -0.811. The molecule has 0 aliphatic rings. The second-order valence-electron chi connectivity index (χ2n) is 6.19. The molecular weight excluding hydrogens is 268 g/mol. The summed E-state index contributed by atoms with van der Waals surface area (Å²) < 4.78 is 4.78. The number of amides is 1. The standard InChI is InChI=1S/C16H24N2O3/c1-15(2,16(3,4)17)14(20)18-12(13(19)21-5)11-9-7-6-8-10-11/h6-10,12H,17H2,1-5H3,(H,18,20). The molecule has 116 valence electrons. The summed E-state index contributed by atoms with van der Waals surface area (Å²) >= 11 is 0. The Morgan fingerprint density at radius 1 is 1.14 bits per heavy atom. The van der Waals surface area contributed by atoms with Crippen LogP contribution >= 0.6 is 0 Å². The summed E-state index contributed by atoms with van der Waals surface area (Å²) in [6.07, 6.45) is 0. The van der Waals surface area contributed by atoms with E-state index in [1.807, 2.05) is 6.07 Å². The third kappa shape index (κ3) is 3.82. The second-order valence-corrected chi connectivity index (χ2v) is 6.19. The lowest BCUT2D eigenvalue weighted by atomic mass is 9.74. The van der Waals surface area contributed by atoms with E-state index in [2.05, 4.69) is 5.32 Å². The zero-order valence-electron chi connectivity index (χ0n) is 13.3. The number of esters is 1. The van der Waals surface area contributed by atoms with Crippen molar-refractivity contribution in [2.75, 3.05) is 7.11 Å². The molecule has 0 bridgehead atoms. The predicted octanol–water partition coefficient (Wildman–Crippen LogP) is 1.78. The van der Waals surface area contributed by atoms with Gasteiger partial charge in [0.25, 0.3) is 0 Å². The fraction of sp³-hybridized carbons (Fsp3) is 0.500. The highest BCUT2D eigenvalue weighted by Crippen LogP contribution is 2.29. The van der Waals surface area contributed by atoms with Crippen LogP contribution in [-0.4, -0.2) is 24.5 Å². The van der Waals surface area contributed by atoms with E-state index in [0.717, 1.165) is 0 Å². The molecule has 0 spiro atoms. The monoisotopic (exact) mass is 292 g/mol. The van der Waals surface area contributed by atoms with Crippen molar-refractivity contribution in [2.45, 2.75) is 39.3 Å². The first-order chi connectivity index (χ1) is 9.61. The minimum absolute atomic E-state index is 0.297. The zero-order valence-corrected chi connectivity index (χ0v) is 13.3. The Morgan fingerprint density at radius 3 is 2.10 bits per heavy atom. The molecule has 1 atom stereocenters. The van der Waals surface area contributed by atoms with Crippen molar-refractivity contribution in [3.05, 3.63) is 35.9 Å². The van der Waals surface area contributed by atoms with Gasteiger partial charge in [-0.2, -0.15) is 0 Å². The van der Waals surface area contributed by atoms with Crippen molar-refractivity contribution >= 4 is 11.9 Å². The van der Waals surface area contributed by atoms with Crippen LogP contribution in [0.15, 0.2) is 30.3 Å². The molecule has 0 aliphatic heterocycles. The smallest absolute Gasteiger partial charge is 0.333 e. The van der Waals surface area contributed by atoms with Crippen molar-refractivity contribution in [3.8, 4) is 0 Å². The van der Waals surface area contributed by atoms with E-state index in [1.54, 1.807) is 52.0 Å². The van der Waals surface area contributed by atoms with Crippen molar-refractivity contribution in [1.29, 1.82) is 0 Å². The molecular formula is C16H24N2O3. The molecule has 5 heteroatoms. The van der Waals surface area contributed by atoms with E-state index < -0.39 is 23.0 Å². The third-order valence-corrected chi connectivity index (χ3v) is 4.02. The van der Waals surface area contributed by atoms with Crippen LogP contribution in [0.3, 0.4) is 0 Å². The zero-order chi connectivity index (χ0) is 16.3. The van der Waals surface area contributed by atoms with Crippen LogP contribution in [0, 0.1) is 5.41 Å². The van der Waals surface area contributed by atoms with Gasteiger partial charge in [0.1, 0.15) is 0 Å². The van der Waals surface area contributed by atoms with Crippen LogP contribution < -0.4 is 11.1 Å². The highest BCUT2D eigenvalue weighted by molar-refractivity contribution is 5.89. The first-order valence-corrected chi connectivity index (χ1v) is 6.84. The summed E-state index contributed by atoms with van der Waals surface area (Å²) in [7, 11) is 1.29. The van der Waals surface area contributed by atoms with Crippen LogP contribution in [0.25, 0.3) is 0 Å². The minimum atomic E-state index is -0.842. The summed E-state index contributed by atoms with van der Waals surface area (Å²) in [5, 5.41) is 2.74. The number of benzene rings is 1. The van der Waals surface area contributed by atoms with Gasteiger partial charge in [-0.05, 0) is 33.3 Å². The molecule has 1 unspecified atom stereocenters. The Labute approximate surface area is 125 Å². The van der Waals surface area contributed by atoms with Gasteiger partial charge in [0, 0.05) is 5.54 Å². The molecule has 1 aromatic rings. The number of hydrogen-bond acceptors (Lipinski definition) is 4. The van der Waals surface area contributed by atoms with Gasteiger partial charge in [-0.15, -0.1) is 0 Å². The molecule has 1 rings (SSSR count). The quantitative estimate of drug-likeness (QED) is 0.811. The molecule has 0 heterocycles.